The summed E-state index contributed by atoms with van der Waals surface area (Å²) < 4.78 is 98.6. The molecule has 1 aliphatic carbocycles. The Morgan fingerprint density at radius 3 is 1.96 bits per heavy atom. The number of hydrogen-bond acceptors (Lipinski definition) is 9. The standard InChI is InChI=1S/C34H41F6N5O6/c1-4-24-15-26(16-25(5-2)45(24)32(48)51-28-8-6-21(7-9-28)29(46)49-3)44(30-41-17-27(18-42-30)43-10-11-50-31(43)47)19-20-12-22(33(35,36)37)14-23(13-20)34(38,39)40/h12-14,17-18,21,24-26,28H,4-11,15-16,19H2,1-3H3/t21?,24-,25?,26?,28?/m0/s1. The maximum atomic E-state index is 13.8. The summed E-state index contributed by atoms with van der Waals surface area (Å²) in [7, 11) is 1.34. The molecule has 1 saturated carbocycles. The molecule has 1 aromatic carbocycles. The van der Waals surface area contributed by atoms with Gasteiger partial charge in [0, 0.05) is 24.7 Å². The highest BCUT2D eigenvalue weighted by Gasteiger charge is 2.43. The molecule has 280 valence electrons. The number of amides is 2. The van der Waals surface area contributed by atoms with Gasteiger partial charge in [0.25, 0.3) is 0 Å². The van der Waals surface area contributed by atoms with E-state index in [1.807, 2.05) is 13.8 Å². The first-order valence-corrected chi connectivity index (χ1v) is 17.0. The molecule has 17 heteroatoms. The lowest BCUT2D eigenvalue weighted by molar-refractivity contribution is -0.147. The highest BCUT2D eigenvalue weighted by Crippen LogP contribution is 2.39. The number of nitrogens with zero attached hydrogens (tertiary/aromatic N) is 5. The summed E-state index contributed by atoms with van der Waals surface area (Å²) in [6.07, 6.45) is -5.22. The second kappa shape index (κ2) is 15.5. The van der Waals surface area contributed by atoms with Gasteiger partial charge in [-0.25, -0.2) is 19.6 Å². The van der Waals surface area contributed by atoms with Crippen LogP contribution < -0.4 is 9.80 Å². The van der Waals surface area contributed by atoms with Crippen molar-refractivity contribution in [3.63, 3.8) is 0 Å². The van der Waals surface area contributed by atoms with Gasteiger partial charge in [0.1, 0.15) is 12.7 Å². The number of carbonyl (C=O) groups is 3. The van der Waals surface area contributed by atoms with Crippen LogP contribution in [0.15, 0.2) is 30.6 Å². The zero-order chi connectivity index (χ0) is 37.1. The lowest BCUT2D eigenvalue weighted by Crippen LogP contribution is -2.57. The van der Waals surface area contributed by atoms with E-state index < -0.39 is 48.3 Å². The predicted octanol–water partition coefficient (Wildman–Crippen LogP) is 7.37. The van der Waals surface area contributed by atoms with Crippen LogP contribution in [0.3, 0.4) is 0 Å². The van der Waals surface area contributed by atoms with Crippen molar-refractivity contribution < 1.29 is 54.9 Å². The number of alkyl halides is 6. The molecule has 2 saturated heterocycles. The topological polar surface area (TPSA) is 114 Å². The summed E-state index contributed by atoms with van der Waals surface area (Å²) in [4.78, 5) is 51.1. The lowest BCUT2D eigenvalue weighted by Gasteiger charge is -2.47. The number of benzene rings is 1. The van der Waals surface area contributed by atoms with E-state index in [2.05, 4.69) is 9.97 Å². The number of methoxy groups -OCH3 is 1. The number of likely N-dealkylation sites (tertiary alicyclic amines) is 1. The van der Waals surface area contributed by atoms with E-state index in [-0.39, 0.29) is 60.8 Å². The van der Waals surface area contributed by atoms with Crippen LogP contribution in [0.4, 0.5) is 47.6 Å². The maximum Gasteiger partial charge on any atom is 0.416 e. The van der Waals surface area contributed by atoms with E-state index in [0.717, 1.165) is 0 Å². The minimum absolute atomic E-state index is 0.0328. The van der Waals surface area contributed by atoms with E-state index in [1.165, 1.54) is 24.4 Å². The number of rotatable bonds is 9. The van der Waals surface area contributed by atoms with Crippen molar-refractivity contribution in [1.29, 1.82) is 0 Å². The predicted molar refractivity (Wildman–Crippen MR) is 171 cm³/mol. The summed E-state index contributed by atoms with van der Waals surface area (Å²) in [5, 5.41) is 0. The van der Waals surface area contributed by atoms with Crippen molar-refractivity contribution >= 4 is 29.8 Å². The molecule has 5 rings (SSSR count). The van der Waals surface area contributed by atoms with Gasteiger partial charge in [-0.1, -0.05) is 13.8 Å². The Morgan fingerprint density at radius 1 is 0.922 bits per heavy atom. The Balaban J connectivity index is 1.43. The van der Waals surface area contributed by atoms with Crippen LogP contribution in [0, 0.1) is 5.92 Å². The molecule has 2 aromatic rings. The van der Waals surface area contributed by atoms with Crippen molar-refractivity contribution in [2.75, 3.05) is 30.1 Å². The number of piperidine rings is 1. The Labute approximate surface area is 291 Å². The van der Waals surface area contributed by atoms with Crippen LogP contribution >= 0.6 is 0 Å². The van der Waals surface area contributed by atoms with Crippen LogP contribution in [0.2, 0.25) is 0 Å². The highest BCUT2D eigenvalue weighted by atomic mass is 19.4. The van der Waals surface area contributed by atoms with Gasteiger partial charge in [-0.2, -0.15) is 26.3 Å². The Hall–Kier alpha value is -4.31. The first kappa shape index (κ1) is 37.9. The fourth-order valence-corrected chi connectivity index (χ4v) is 7.22. The molecule has 0 spiro atoms. The smallest absolute Gasteiger partial charge is 0.416 e. The van der Waals surface area contributed by atoms with Crippen molar-refractivity contribution in [1.82, 2.24) is 14.9 Å². The maximum absolute atomic E-state index is 13.8. The number of esters is 1. The highest BCUT2D eigenvalue weighted by molar-refractivity contribution is 5.88. The SMILES string of the molecule is CCC1CC(N(Cc2cc(C(F)(F)F)cc(C(F)(F)F)c2)c2ncc(N3CCOC3=O)cn2)C[C@H](CC)N1C(=O)OC1CCC(C(=O)OC)CC1. The summed E-state index contributed by atoms with van der Waals surface area (Å²) in [6, 6.07) is 0.174. The van der Waals surface area contributed by atoms with Gasteiger partial charge in [0.05, 0.1) is 48.8 Å². The van der Waals surface area contributed by atoms with Gasteiger partial charge >= 0.3 is 30.5 Å². The third-order valence-electron chi connectivity index (χ3n) is 9.90. The minimum Gasteiger partial charge on any atom is -0.469 e. The van der Waals surface area contributed by atoms with Crippen molar-refractivity contribution in [2.45, 2.75) is 108 Å². The number of cyclic esters (lactones) is 1. The summed E-state index contributed by atoms with van der Waals surface area (Å²) >= 11 is 0. The zero-order valence-electron chi connectivity index (χ0n) is 28.5. The Morgan fingerprint density at radius 2 is 1.49 bits per heavy atom. The first-order chi connectivity index (χ1) is 24.1. The molecule has 1 aromatic heterocycles. The Kier molecular flexibility index (Phi) is 11.5. The molecule has 2 amide bonds. The molecule has 0 bridgehead atoms. The fraction of sp³-hybridized carbons (Fsp3) is 0.618. The van der Waals surface area contributed by atoms with Gasteiger partial charge in [0.15, 0.2) is 0 Å². The van der Waals surface area contributed by atoms with Gasteiger partial charge in [-0.05, 0) is 75.1 Å². The largest absolute Gasteiger partial charge is 0.469 e. The Bertz CT molecular complexity index is 1500. The van der Waals surface area contributed by atoms with Crippen LogP contribution in [0.25, 0.3) is 0 Å². The third kappa shape index (κ3) is 8.78. The average Bonchev–Trinajstić information content (AvgIpc) is 3.54. The lowest BCUT2D eigenvalue weighted by atomic mass is 9.87. The van der Waals surface area contributed by atoms with E-state index in [1.54, 1.807) is 9.80 Å². The molecule has 2 aliphatic heterocycles. The molecule has 3 atom stereocenters. The molecule has 3 heterocycles. The quantitative estimate of drug-likeness (QED) is 0.148. The number of halogens is 6. The number of ether oxygens (including phenoxy) is 3. The molecule has 0 N–H and O–H groups in total. The van der Waals surface area contributed by atoms with Gasteiger partial charge in [-0.15, -0.1) is 0 Å². The van der Waals surface area contributed by atoms with E-state index in [4.69, 9.17) is 14.2 Å². The van der Waals surface area contributed by atoms with Crippen molar-refractivity contribution in [2.24, 2.45) is 5.92 Å². The van der Waals surface area contributed by atoms with E-state index >= 15 is 0 Å². The van der Waals surface area contributed by atoms with Gasteiger partial charge in [0.2, 0.25) is 5.95 Å². The van der Waals surface area contributed by atoms with Gasteiger partial charge in [-0.3, -0.25) is 9.69 Å². The normalized spacial score (nSPS) is 24.3. The molecule has 0 radical (unpaired) electrons. The van der Waals surface area contributed by atoms with E-state index in [9.17, 15) is 40.7 Å². The first-order valence-electron chi connectivity index (χ1n) is 17.0. The number of anilines is 2. The molecule has 11 nitrogen and oxygen atoms in total. The molecule has 2 unspecified atom stereocenters. The second-order valence-corrected chi connectivity index (χ2v) is 13.1. The molecule has 3 fully saturated rings. The van der Waals surface area contributed by atoms with Crippen LogP contribution in [0.1, 0.15) is 81.9 Å². The summed E-state index contributed by atoms with van der Waals surface area (Å²) in [6.45, 7) is 3.79. The molecular formula is C34H41F6N5O6. The van der Waals surface area contributed by atoms with E-state index in [0.29, 0.717) is 69.2 Å². The number of carbonyl (C=O) groups excluding carboxylic acids is 3. The van der Waals surface area contributed by atoms with Crippen LogP contribution in [-0.4, -0.2) is 77.5 Å². The fourth-order valence-electron chi connectivity index (χ4n) is 7.22. The monoisotopic (exact) mass is 729 g/mol. The second-order valence-electron chi connectivity index (χ2n) is 13.1. The van der Waals surface area contributed by atoms with Crippen LogP contribution in [0.5, 0.6) is 0 Å². The minimum atomic E-state index is -5.03. The average molecular weight is 730 g/mol. The molecule has 3 aliphatic rings. The summed E-state index contributed by atoms with van der Waals surface area (Å²) in [5.74, 6) is -0.506. The molecular weight excluding hydrogens is 688 g/mol. The van der Waals surface area contributed by atoms with Crippen molar-refractivity contribution in [3.8, 4) is 0 Å². The number of hydrogen-bond donors (Lipinski definition) is 0. The zero-order valence-corrected chi connectivity index (χ0v) is 28.5. The van der Waals surface area contributed by atoms with Crippen molar-refractivity contribution in [3.05, 3.63) is 47.3 Å². The third-order valence-corrected chi connectivity index (χ3v) is 9.90. The molecule has 51 heavy (non-hydrogen) atoms. The number of aromatic nitrogens is 2. The van der Waals surface area contributed by atoms with Gasteiger partial charge < -0.3 is 24.0 Å². The van der Waals surface area contributed by atoms with Crippen LogP contribution in [-0.2, 0) is 37.9 Å². The summed E-state index contributed by atoms with van der Waals surface area (Å²) in [5.41, 5.74) is -2.81.